The van der Waals surface area contributed by atoms with Crippen molar-refractivity contribution in [3.05, 3.63) is 11.0 Å². The number of fused-ring (bicyclic) bond motifs is 1. The summed E-state index contributed by atoms with van der Waals surface area (Å²) >= 11 is 18.6. The van der Waals surface area contributed by atoms with E-state index in [9.17, 15) is 0 Å². The van der Waals surface area contributed by atoms with Gasteiger partial charge in [-0.1, -0.05) is 23.2 Å². The van der Waals surface area contributed by atoms with Gasteiger partial charge < -0.3 is 14.2 Å². The van der Waals surface area contributed by atoms with Crippen LogP contribution in [0.25, 0.3) is 0 Å². The van der Waals surface area contributed by atoms with Crippen LogP contribution in [0.4, 0.5) is 5.82 Å². The minimum Gasteiger partial charge on any atom is -0.342 e. The molecule has 1 N–H and O–H groups in total. The lowest BCUT2D eigenvalue weighted by molar-refractivity contribution is -0.0132. The number of halogens is 3. The van der Waals surface area contributed by atoms with E-state index in [2.05, 4.69) is 10.3 Å². The second-order valence-corrected chi connectivity index (χ2v) is 5.02. The van der Waals surface area contributed by atoms with Gasteiger partial charge in [-0.15, -0.1) is 0 Å². The quantitative estimate of drug-likeness (QED) is 0.670. The van der Waals surface area contributed by atoms with Crippen LogP contribution in [0.5, 0.6) is 0 Å². The van der Waals surface area contributed by atoms with Gasteiger partial charge in [-0.2, -0.15) is 4.98 Å². The van der Waals surface area contributed by atoms with Gasteiger partial charge in [0.05, 0.1) is 0 Å². The number of hydrogen-bond donors (Lipinski definition) is 1. The smallest absolute Gasteiger partial charge is 0.245 e. The largest absolute Gasteiger partial charge is 0.342 e. The molecule has 0 amide bonds. The van der Waals surface area contributed by atoms with Gasteiger partial charge in [-0.25, -0.2) is 5.32 Å². The molecule has 0 spiro atoms. The van der Waals surface area contributed by atoms with Gasteiger partial charge in [0.2, 0.25) is 10.5 Å². The topological polar surface area (TPSA) is 42.3 Å². The summed E-state index contributed by atoms with van der Waals surface area (Å²) in [7, 11) is 3.57. The molecule has 0 saturated carbocycles. The van der Waals surface area contributed by atoms with Gasteiger partial charge in [0, 0.05) is 20.7 Å². The van der Waals surface area contributed by atoms with E-state index in [1.807, 2.05) is 6.92 Å². The van der Waals surface area contributed by atoms with Crippen LogP contribution in [0.1, 0.15) is 12.6 Å². The van der Waals surface area contributed by atoms with E-state index in [1.54, 1.807) is 23.6 Å². The molecule has 0 aromatic carbocycles. The number of hydrogen-bond acceptors (Lipinski definition) is 4. The maximum atomic E-state index is 6.42. The molecular weight excluding hydrogens is 286 g/mol. The number of aromatic nitrogens is 2. The highest BCUT2D eigenvalue weighted by molar-refractivity contribution is 6.29. The third kappa shape index (κ3) is 2.00. The third-order valence-corrected chi connectivity index (χ3v) is 3.79. The summed E-state index contributed by atoms with van der Waals surface area (Å²) in [6, 6.07) is 0. The standard InChI is InChI=1S/C9H13Cl3N4O/c1-4-17-9(12)5-6(13-7(10)15(5)2)16(3)8(11)14-9/h8,14H,4H2,1-3H3. The SMILES string of the molecule is CCOC1(Cl)NC(Cl)N(C)c2nc(Cl)n(C)c21. The van der Waals surface area contributed by atoms with E-state index in [4.69, 9.17) is 39.5 Å². The molecule has 8 heteroatoms. The van der Waals surface area contributed by atoms with Crippen LogP contribution in [-0.2, 0) is 17.0 Å². The molecule has 2 atom stereocenters. The fourth-order valence-electron chi connectivity index (χ4n) is 1.80. The van der Waals surface area contributed by atoms with Crippen molar-refractivity contribution in [2.24, 2.45) is 7.05 Å². The fourth-order valence-corrected chi connectivity index (χ4v) is 2.69. The Morgan fingerprint density at radius 1 is 1.53 bits per heavy atom. The van der Waals surface area contributed by atoms with E-state index in [0.29, 0.717) is 23.4 Å². The van der Waals surface area contributed by atoms with Gasteiger partial charge in [0.25, 0.3) is 0 Å². The highest BCUT2D eigenvalue weighted by Crippen LogP contribution is 2.41. The zero-order valence-corrected chi connectivity index (χ0v) is 11.9. The van der Waals surface area contributed by atoms with Crippen molar-refractivity contribution >= 4 is 40.6 Å². The van der Waals surface area contributed by atoms with E-state index in [-0.39, 0.29) is 0 Å². The average Bonchev–Trinajstić information content (AvgIpc) is 2.54. The Morgan fingerprint density at radius 2 is 2.18 bits per heavy atom. The van der Waals surface area contributed by atoms with Crippen molar-refractivity contribution in [3.8, 4) is 0 Å². The fraction of sp³-hybridized carbons (Fsp3) is 0.667. The van der Waals surface area contributed by atoms with E-state index >= 15 is 0 Å². The van der Waals surface area contributed by atoms with Crippen LogP contribution in [0, 0.1) is 0 Å². The highest BCUT2D eigenvalue weighted by atomic mass is 35.5. The lowest BCUT2D eigenvalue weighted by Gasteiger charge is -2.39. The molecule has 1 aliphatic rings. The predicted molar refractivity (Wildman–Crippen MR) is 68.6 cm³/mol. The van der Waals surface area contributed by atoms with Crippen LogP contribution in [0.3, 0.4) is 0 Å². The van der Waals surface area contributed by atoms with Crippen LogP contribution < -0.4 is 10.2 Å². The number of imidazole rings is 1. The number of rotatable bonds is 2. The number of nitrogens with one attached hydrogen (secondary N) is 1. The summed E-state index contributed by atoms with van der Waals surface area (Å²) in [6.07, 6.45) is 0. The Balaban J connectivity index is 2.58. The zero-order valence-electron chi connectivity index (χ0n) is 9.67. The zero-order chi connectivity index (χ0) is 12.8. The van der Waals surface area contributed by atoms with Crippen molar-refractivity contribution in [2.45, 2.75) is 17.7 Å². The maximum Gasteiger partial charge on any atom is 0.245 e. The molecule has 0 bridgehead atoms. The first-order valence-corrected chi connectivity index (χ1v) is 6.30. The summed E-state index contributed by atoms with van der Waals surface area (Å²) in [4.78, 5) is 5.96. The Morgan fingerprint density at radius 3 is 2.76 bits per heavy atom. The van der Waals surface area contributed by atoms with Gasteiger partial charge in [-0.05, 0) is 18.5 Å². The summed E-state index contributed by atoms with van der Waals surface area (Å²) in [6.45, 7) is 2.29. The molecule has 96 valence electrons. The minimum absolute atomic E-state index is 0.333. The molecule has 1 aromatic heterocycles. The Kier molecular flexibility index (Phi) is 3.49. The van der Waals surface area contributed by atoms with Crippen molar-refractivity contribution in [3.63, 3.8) is 0 Å². The van der Waals surface area contributed by atoms with Crippen molar-refractivity contribution in [1.29, 1.82) is 0 Å². The maximum absolute atomic E-state index is 6.42. The van der Waals surface area contributed by atoms with Crippen LogP contribution >= 0.6 is 34.8 Å². The lowest BCUT2D eigenvalue weighted by Crippen LogP contribution is -2.55. The first kappa shape index (κ1) is 13.2. The van der Waals surface area contributed by atoms with Gasteiger partial charge in [0.1, 0.15) is 5.69 Å². The van der Waals surface area contributed by atoms with E-state index in [0.717, 1.165) is 0 Å². The number of anilines is 1. The Hall–Kier alpha value is -0.200. The molecule has 2 heterocycles. The molecule has 0 fully saturated rings. The normalized spacial score (nSPS) is 28.4. The lowest BCUT2D eigenvalue weighted by atomic mass is 10.3. The Bertz CT molecular complexity index is 438. The number of alkyl halides is 2. The van der Waals surface area contributed by atoms with Gasteiger partial charge in [0.15, 0.2) is 11.4 Å². The highest BCUT2D eigenvalue weighted by Gasteiger charge is 2.45. The average molecular weight is 300 g/mol. The number of ether oxygens (including phenoxy) is 1. The molecule has 5 nitrogen and oxygen atoms in total. The summed E-state index contributed by atoms with van der Waals surface area (Å²) in [5, 5.41) is 2.09. The molecule has 17 heavy (non-hydrogen) atoms. The Labute approximate surface area is 115 Å². The summed E-state index contributed by atoms with van der Waals surface area (Å²) < 4.78 is 7.21. The summed E-state index contributed by atoms with van der Waals surface area (Å²) in [5.74, 6) is 0.611. The first-order valence-electron chi connectivity index (χ1n) is 5.11. The van der Waals surface area contributed by atoms with Crippen molar-refractivity contribution in [2.75, 3.05) is 18.6 Å². The van der Waals surface area contributed by atoms with Crippen molar-refractivity contribution in [1.82, 2.24) is 14.9 Å². The first-order chi connectivity index (χ1) is 7.90. The monoisotopic (exact) mass is 298 g/mol. The second-order valence-electron chi connectivity index (χ2n) is 3.73. The van der Waals surface area contributed by atoms with Gasteiger partial charge in [-0.3, -0.25) is 0 Å². The van der Waals surface area contributed by atoms with Crippen LogP contribution in [0.2, 0.25) is 5.28 Å². The molecule has 0 aliphatic carbocycles. The molecular formula is C9H13Cl3N4O. The molecule has 0 saturated heterocycles. The van der Waals surface area contributed by atoms with E-state index in [1.165, 1.54) is 0 Å². The number of nitrogens with zero attached hydrogens (tertiary/aromatic N) is 3. The minimum atomic E-state index is -1.21. The molecule has 2 rings (SSSR count). The van der Waals surface area contributed by atoms with Crippen molar-refractivity contribution < 1.29 is 4.74 Å². The predicted octanol–water partition coefficient (Wildman–Crippen LogP) is 2.02. The second kappa shape index (κ2) is 4.48. The molecule has 1 aliphatic heterocycles. The van der Waals surface area contributed by atoms with Crippen LogP contribution in [0.15, 0.2) is 0 Å². The molecule has 2 unspecified atom stereocenters. The molecule has 0 radical (unpaired) electrons. The third-order valence-electron chi connectivity index (χ3n) is 2.65. The van der Waals surface area contributed by atoms with Gasteiger partial charge >= 0.3 is 0 Å². The van der Waals surface area contributed by atoms with E-state index < -0.39 is 10.8 Å². The van der Waals surface area contributed by atoms with Crippen LogP contribution in [-0.4, -0.2) is 28.8 Å². The molecule has 1 aromatic rings. The summed E-state index contributed by atoms with van der Waals surface area (Å²) in [5.41, 5.74) is 0.128.